The van der Waals surface area contributed by atoms with E-state index >= 15 is 0 Å². The molecule has 1 N–H and O–H groups in total. The van der Waals surface area contributed by atoms with Gasteiger partial charge in [-0.3, -0.25) is 0 Å². The van der Waals surface area contributed by atoms with E-state index in [0.717, 1.165) is 6.54 Å². The molecule has 2 heteroatoms. The highest BCUT2D eigenvalue weighted by atomic mass is 15.2. The van der Waals surface area contributed by atoms with Gasteiger partial charge in [-0.2, -0.15) is 0 Å². The van der Waals surface area contributed by atoms with Crippen molar-refractivity contribution in [2.24, 2.45) is 0 Å². The number of nitrogens with zero attached hydrogens (tertiary/aromatic N) is 1. The molecule has 0 aromatic rings. The molecular weight excluding hydrogens is 124 g/mol. The molecule has 0 aliphatic heterocycles. The van der Waals surface area contributed by atoms with Gasteiger partial charge in [0.05, 0.1) is 5.82 Å². The Labute approximate surface area is 63.9 Å². The Bertz CT molecular complexity index is 106. The van der Waals surface area contributed by atoms with E-state index in [-0.39, 0.29) is 0 Å². The first kappa shape index (κ1) is 9.34. The normalized spacial score (nSPS) is 11.4. The van der Waals surface area contributed by atoms with E-state index < -0.39 is 0 Å². The molecule has 0 aromatic carbocycles. The monoisotopic (exact) mass is 142 g/mol. The largest absolute Gasteiger partial charge is 0.372 e. The van der Waals surface area contributed by atoms with Gasteiger partial charge in [-0.05, 0) is 19.4 Å². The summed E-state index contributed by atoms with van der Waals surface area (Å²) in [6.07, 6.45) is 3.25. The van der Waals surface area contributed by atoms with Crippen LogP contribution in [0.3, 0.4) is 0 Å². The molecule has 60 valence electrons. The van der Waals surface area contributed by atoms with E-state index in [9.17, 15) is 0 Å². The fraction of sp³-hybridized carbons (Fsp3) is 0.750. The molecule has 0 fully saturated rings. The van der Waals surface area contributed by atoms with E-state index in [0.29, 0.717) is 0 Å². The summed E-state index contributed by atoms with van der Waals surface area (Å²) in [4.78, 5) is 2.08. The van der Waals surface area contributed by atoms with Crippen LogP contribution in [0.25, 0.3) is 0 Å². The van der Waals surface area contributed by atoms with Crippen LogP contribution in [0.5, 0.6) is 0 Å². The van der Waals surface area contributed by atoms with Crippen molar-refractivity contribution < 1.29 is 0 Å². The minimum atomic E-state index is 1.05. The smallest absolute Gasteiger partial charge is 0.0963 e. The van der Waals surface area contributed by atoms with E-state index in [1.807, 2.05) is 21.0 Å². The van der Waals surface area contributed by atoms with Crippen molar-refractivity contribution in [2.45, 2.75) is 20.3 Å². The molecule has 0 aromatic heterocycles. The molecule has 0 saturated carbocycles. The first-order valence-corrected chi connectivity index (χ1v) is 3.79. The predicted molar refractivity (Wildman–Crippen MR) is 45.7 cm³/mol. The van der Waals surface area contributed by atoms with Crippen LogP contribution in [0.15, 0.2) is 11.9 Å². The molecule has 0 radical (unpaired) electrons. The SMILES string of the molecule is C/C=C(/NCCC)N(C)C. The minimum Gasteiger partial charge on any atom is -0.372 e. The quantitative estimate of drug-likeness (QED) is 0.638. The Hall–Kier alpha value is -0.660. The van der Waals surface area contributed by atoms with Crippen LogP contribution in [-0.4, -0.2) is 25.5 Å². The van der Waals surface area contributed by atoms with Crippen LogP contribution in [0.2, 0.25) is 0 Å². The molecular formula is C8H18N2. The number of hydrogen-bond acceptors (Lipinski definition) is 2. The molecule has 0 heterocycles. The summed E-state index contributed by atoms with van der Waals surface area (Å²) in [5.74, 6) is 1.20. The average Bonchev–Trinajstić information content (AvgIpc) is 1.89. The number of allylic oxidation sites excluding steroid dienone is 1. The number of nitrogens with one attached hydrogen (secondary N) is 1. The van der Waals surface area contributed by atoms with E-state index in [1.54, 1.807) is 0 Å². The standard InChI is InChI=1S/C8H18N2/c1-5-7-9-8(6-2)10(3)4/h6,9H,5,7H2,1-4H3/b8-6-. The van der Waals surface area contributed by atoms with Crippen LogP contribution < -0.4 is 5.32 Å². The zero-order chi connectivity index (χ0) is 7.98. The van der Waals surface area contributed by atoms with Gasteiger partial charge in [0.1, 0.15) is 0 Å². The lowest BCUT2D eigenvalue weighted by Crippen LogP contribution is -2.25. The Morgan fingerprint density at radius 3 is 2.40 bits per heavy atom. The summed E-state index contributed by atoms with van der Waals surface area (Å²) in [7, 11) is 4.08. The van der Waals surface area contributed by atoms with Crippen LogP contribution in [-0.2, 0) is 0 Å². The van der Waals surface area contributed by atoms with Gasteiger partial charge >= 0.3 is 0 Å². The van der Waals surface area contributed by atoms with Crippen molar-refractivity contribution in [3.05, 3.63) is 11.9 Å². The van der Waals surface area contributed by atoms with Crippen molar-refractivity contribution in [3.63, 3.8) is 0 Å². The zero-order valence-electron chi connectivity index (χ0n) is 7.44. The topological polar surface area (TPSA) is 15.3 Å². The molecule has 0 amide bonds. The number of rotatable bonds is 4. The zero-order valence-corrected chi connectivity index (χ0v) is 7.44. The molecule has 0 aliphatic rings. The predicted octanol–water partition coefficient (Wildman–Crippen LogP) is 1.41. The molecule has 2 nitrogen and oxygen atoms in total. The Balaban J connectivity index is 3.63. The van der Waals surface area contributed by atoms with Crippen molar-refractivity contribution in [3.8, 4) is 0 Å². The molecule has 0 unspecified atom stereocenters. The summed E-state index contributed by atoms with van der Waals surface area (Å²) in [5.41, 5.74) is 0. The summed E-state index contributed by atoms with van der Waals surface area (Å²) >= 11 is 0. The molecule has 0 saturated heterocycles. The molecule has 0 spiro atoms. The van der Waals surface area contributed by atoms with Crippen molar-refractivity contribution in [1.82, 2.24) is 10.2 Å². The number of hydrogen-bond donors (Lipinski definition) is 1. The van der Waals surface area contributed by atoms with E-state index in [4.69, 9.17) is 0 Å². The third kappa shape index (κ3) is 3.38. The summed E-state index contributed by atoms with van der Waals surface area (Å²) in [6, 6.07) is 0. The van der Waals surface area contributed by atoms with Gasteiger partial charge in [0, 0.05) is 20.6 Å². The van der Waals surface area contributed by atoms with Crippen LogP contribution in [0.1, 0.15) is 20.3 Å². The van der Waals surface area contributed by atoms with Gasteiger partial charge < -0.3 is 10.2 Å². The van der Waals surface area contributed by atoms with Gasteiger partial charge in [-0.25, -0.2) is 0 Å². The molecule has 0 atom stereocenters. The highest BCUT2D eigenvalue weighted by molar-refractivity contribution is 4.94. The lowest BCUT2D eigenvalue weighted by Gasteiger charge is -2.17. The Morgan fingerprint density at radius 2 is 2.10 bits per heavy atom. The maximum atomic E-state index is 3.31. The first-order chi connectivity index (χ1) is 4.72. The van der Waals surface area contributed by atoms with Gasteiger partial charge in [0.25, 0.3) is 0 Å². The highest BCUT2D eigenvalue weighted by Crippen LogP contribution is 1.91. The second kappa shape index (κ2) is 5.15. The van der Waals surface area contributed by atoms with Crippen LogP contribution >= 0.6 is 0 Å². The minimum absolute atomic E-state index is 1.05. The Kier molecular flexibility index (Phi) is 4.81. The third-order valence-electron chi connectivity index (χ3n) is 1.31. The van der Waals surface area contributed by atoms with E-state index in [2.05, 4.69) is 23.2 Å². The maximum Gasteiger partial charge on any atom is 0.0963 e. The first-order valence-electron chi connectivity index (χ1n) is 3.79. The highest BCUT2D eigenvalue weighted by Gasteiger charge is 1.93. The van der Waals surface area contributed by atoms with Gasteiger partial charge in [-0.15, -0.1) is 0 Å². The summed E-state index contributed by atoms with van der Waals surface area (Å²) < 4.78 is 0. The Morgan fingerprint density at radius 1 is 1.50 bits per heavy atom. The van der Waals surface area contributed by atoms with Crippen LogP contribution in [0.4, 0.5) is 0 Å². The van der Waals surface area contributed by atoms with E-state index in [1.165, 1.54) is 12.2 Å². The second-order valence-electron chi connectivity index (χ2n) is 2.50. The maximum absolute atomic E-state index is 3.31. The lowest BCUT2D eigenvalue weighted by molar-refractivity contribution is 0.458. The lowest BCUT2D eigenvalue weighted by atomic mass is 10.4. The second-order valence-corrected chi connectivity index (χ2v) is 2.50. The summed E-state index contributed by atoms with van der Waals surface area (Å²) in [5, 5.41) is 3.31. The average molecular weight is 142 g/mol. The van der Waals surface area contributed by atoms with Gasteiger partial charge in [0.2, 0.25) is 0 Å². The van der Waals surface area contributed by atoms with Crippen LogP contribution in [0, 0.1) is 0 Å². The van der Waals surface area contributed by atoms with Crippen molar-refractivity contribution >= 4 is 0 Å². The third-order valence-corrected chi connectivity index (χ3v) is 1.31. The fourth-order valence-corrected chi connectivity index (χ4v) is 0.771. The van der Waals surface area contributed by atoms with Crippen molar-refractivity contribution in [2.75, 3.05) is 20.6 Å². The molecule has 0 rings (SSSR count). The van der Waals surface area contributed by atoms with Gasteiger partial charge in [0.15, 0.2) is 0 Å². The van der Waals surface area contributed by atoms with Gasteiger partial charge in [-0.1, -0.05) is 6.92 Å². The molecule has 10 heavy (non-hydrogen) atoms. The fourth-order valence-electron chi connectivity index (χ4n) is 0.771. The van der Waals surface area contributed by atoms with Crippen molar-refractivity contribution in [1.29, 1.82) is 0 Å². The molecule has 0 aliphatic carbocycles. The molecule has 0 bridgehead atoms. The summed E-state index contributed by atoms with van der Waals surface area (Å²) in [6.45, 7) is 5.26.